The highest BCUT2D eigenvalue weighted by Crippen LogP contribution is 2.32. The van der Waals surface area contributed by atoms with Crippen molar-refractivity contribution < 1.29 is 22.4 Å². The zero-order valence-electron chi connectivity index (χ0n) is 11.0. The molecule has 2 aromatic heterocycles. The number of halogens is 3. The van der Waals surface area contributed by atoms with Gasteiger partial charge < -0.3 is 4.42 Å². The summed E-state index contributed by atoms with van der Waals surface area (Å²) in [6.07, 6.45) is -3.37. The monoisotopic (exact) mass is 306 g/mol. The molecule has 0 atom stereocenters. The lowest BCUT2D eigenvalue weighted by atomic mass is 10.1. The maximum absolute atomic E-state index is 12.9. The largest absolute Gasteiger partial charge is 0.459 e. The summed E-state index contributed by atoms with van der Waals surface area (Å²) < 4.78 is 44.3. The lowest BCUT2D eigenvalue weighted by Gasteiger charge is -2.04. The van der Waals surface area contributed by atoms with Gasteiger partial charge in [-0.2, -0.15) is 23.0 Å². The van der Waals surface area contributed by atoms with Gasteiger partial charge in [-0.3, -0.25) is 4.79 Å². The SMILES string of the molecule is O=C(c1ccco1)n1nc(C(F)(F)F)cc1-c1ccccc1. The van der Waals surface area contributed by atoms with Gasteiger partial charge in [-0.05, 0) is 18.2 Å². The van der Waals surface area contributed by atoms with E-state index in [1.54, 1.807) is 30.3 Å². The van der Waals surface area contributed by atoms with Gasteiger partial charge in [0.05, 0.1) is 12.0 Å². The molecule has 22 heavy (non-hydrogen) atoms. The highest BCUT2D eigenvalue weighted by molar-refractivity contribution is 5.95. The number of carbonyl (C=O) groups is 1. The van der Waals surface area contributed by atoms with Gasteiger partial charge in [0, 0.05) is 5.56 Å². The molecule has 0 N–H and O–H groups in total. The topological polar surface area (TPSA) is 48.0 Å². The van der Waals surface area contributed by atoms with Gasteiger partial charge in [0.1, 0.15) is 0 Å². The molecule has 0 saturated carbocycles. The third kappa shape index (κ3) is 2.52. The summed E-state index contributed by atoms with van der Waals surface area (Å²) in [5, 5.41) is 3.40. The molecule has 112 valence electrons. The molecule has 0 amide bonds. The van der Waals surface area contributed by atoms with Gasteiger partial charge in [0.15, 0.2) is 11.5 Å². The number of rotatable bonds is 2. The Balaban J connectivity index is 2.16. The van der Waals surface area contributed by atoms with Crippen molar-refractivity contribution in [3.63, 3.8) is 0 Å². The van der Waals surface area contributed by atoms with E-state index in [0.29, 0.717) is 10.2 Å². The molecular weight excluding hydrogens is 297 g/mol. The molecule has 0 fully saturated rings. The van der Waals surface area contributed by atoms with Gasteiger partial charge >= 0.3 is 12.1 Å². The van der Waals surface area contributed by atoms with Crippen LogP contribution in [-0.4, -0.2) is 15.7 Å². The quantitative estimate of drug-likeness (QED) is 0.722. The van der Waals surface area contributed by atoms with E-state index >= 15 is 0 Å². The van der Waals surface area contributed by atoms with Crippen LogP contribution in [0.4, 0.5) is 13.2 Å². The summed E-state index contributed by atoms with van der Waals surface area (Å²) in [5.74, 6) is -0.853. The Bertz CT molecular complexity index is 790. The predicted molar refractivity (Wildman–Crippen MR) is 71.1 cm³/mol. The molecule has 0 bridgehead atoms. The standard InChI is InChI=1S/C15H9F3N2O2/c16-15(17,18)13-9-11(10-5-2-1-3-6-10)20(19-13)14(21)12-7-4-8-22-12/h1-9H. The molecule has 0 aliphatic heterocycles. The van der Waals surface area contributed by atoms with Gasteiger partial charge in [0.2, 0.25) is 0 Å². The summed E-state index contributed by atoms with van der Waals surface area (Å²) in [6, 6.07) is 11.9. The second kappa shape index (κ2) is 5.18. The van der Waals surface area contributed by atoms with E-state index in [1.807, 2.05) is 0 Å². The van der Waals surface area contributed by atoms with Crippen LogP contribution in [0.15, 0.2) is 59.2 Å². The summed E-state index contributed by atoms with van der Waals surface area (Å²) in [7, 11) is 0. The van der Waals surface area contributed by atoms with Gasteiger partial charge in [-0.25, -0.2) is 0 Å². The van der Waals surface area contributed by atoms with Crippen molar-refractivity contribution in [3.05, 3.63) is 66.2 Å². The fourth-order valence-electron chi connectivity index (χ4n) is 1.99. The first kappa shape index (κ1) is 14.1. The molecule has 4 nitrogen and oxygen atoms in total. The molecule has 0 unspecified atom stereocenters. The summed E-state index contributed by atoms with van der Waals surface area (Å²) in [6.45, 7) is 0. The van der Waals surface area contributed by atoms with Crippen molar-refractivity contribution in [2.45, 2.75) is 6.18 Å². The van der Waals surface area contributed by atoms with Gasteiger partial charge in [-0.1, -0.05) is 30.3 Å². The Morgan fingerprint density at radius 1 is 1.09 bits per heavy atom. The average Bonchev–Trinajstić information content (AvgIpc) is 3.16. The molecule has 3 rings (SSSR count). The molecular formula is C15H9F3N2O2. The molecule has 0 aliphatic rings. The van der Waals surface area contributed by atoms with Crippen molar-refractivity contribution in [2.75, 3.05) is 0 Å². The number of aromatic nitrogens is 2. The van der Waals surface area contributed by atoms with E-state index in [9.17, 15) is 18.0 Å². The fourth-order valence-corrected chi connectivity index (χ4v) is 1.99. The minimum atomic E-state index is -4.64. The van der Waals surface area contributed by atoms with Crippen molar-refractivity contribution in [2.24, 2.45) is 0 Å². The third-order valence-corrected chi connectivity index (χ3v) is 2.99. The van der Waals surface area contributed by atoms with Crippen molar-refractivity contribution in [1.29, 1.82) is 0 Å². The Morgan fingerprint density at radius 3 is 2.41 bits per heavy atom. The number of nitrogens with zero attached hydrogens (tertiary/aromatic N) is 2. The van der Waals surface area contributed by atoms with Crippen LogP contribution >= 0.6 is 0 Å². The Morgan fingerprint density at radius 2 is 1.82 bits per heavy atom. The van der Waals surface area contributed by atoms with Crippen LogP contribution in [0.2, 0.25) is 0 Å². The second-order valence-corrected chi connectivity index (χ2v) is 4.47. The minimum absolute atomic E-state index is 0.0503. The smallest absolute Gasteiger partial charge is 0.435 e. The first-order valence-corrected chi connectivity index (χ1v) is 6.28. The van der Waals surface area contributed by atoms with Crippen LogP contribution in [-0.2, 0) is 6.18 Å². The van der Waals surface area contributed by atoms with Crippen molar-refractivity contribution in [3.8, 4) is 11.3 Å². The van der Waals surface area contributed by atoms with E-state index in [0.717, 1.165) is 6.07 Å². The van der Waals surface area contributed by atoms with E-state index in [-0.39, 0.29) is 11.5 Å². The maximum Gasteiger partial charge on any atom is 0.435 e. The van der Waals surface area contributed by atoms with Crippen LogP contribution in [0.5, 0.6) is 0 Å². The van der Waals surface area contributed by atoms with E-state index in [1.165, 1.54) is 18.4 Å². The first-order chi connectivity index (χ1) is 10.5. The van der Waals surface area contributed by atoms with Gasteiger partial charge in [-0.15, -0.1) is 0 Å². The zero-order valence-corrected chi connectivity index (χ0v) is 11.0. The highest BCUT2D eigenvalue weighted by atomic mass is 19.4. The first-order valence-electron chi connectivity index (χ1n) is 6.28. The van der Waals surface area contributed by atoms with Crippen molar-refractivity contribution in [1.82, 2.24) is 9.78 Å². The van der Waals surface area contributed by atoms with Crippen LogP contribution in [0.3, 0.4) is 0 Å². The summed E-state index contributed by atoms with van der Waals surface area (Å²) in [5.41, 5.74) is -0.633. The summed E-state index contributed by atoms with van der Waals surface area (Å²) >= 11 is 0. The Hall–Kier alpha value is -2.83. The average molecular weight is 306 g/mol. The molecule has 3 aromatic rings. The molecule has 2 heterocycles. The van der Waals surface area contributed by atoms with E-state index in [2.05, 4.69) is 5.10 Å². The van der Waals surface area contributed by atoms with Crippen LogP contribution in [0, 0.1) is 0 Å². The van der Waals surface area contributed by atoms with Crippen LogP contribution in [0.25, 0.3) is 11.3 Å². The number of hydrogen-bond donors (Lipinski definition) is 0. The molecule has 7 heteroatoms. The lowest BCUT2D eigenvalue weighted by Crippen LogP contribution is -2.16. The molecule has 0 saturated heterocycles. The van der Waals surface area contributed by atoms with Crippen LogP contribution in [0.1, 0.15) is 16.2 Å². The van der Waals surface area contributed by atoms with E-state index in [4.69, 9.17) is 4.42 Å². The predicted octanol–water partition coefficient (Wildman–Crippen LogP) is 3.85. The number of alkyl halides is 3. The van der Waals surface area contributed by atoms with Crippen LogP contribution < -0.4 is 0 Å². The molecule has 1 aromatic carbocycles. The number of carbonyl (C=O) groups excluding carboxylic acids is 1. The fraction of sp³-hybridized carbons (Fsp3) is 0.0667. The van der Waals surface area contributed by atoms with Gasteiger partial charge in [0.25, 0.3) is 0 Å². The third-order valence-electron chi connectivity index (χ3n) is 2.99. The van der Waals surface area contributed by atoms with E-state index < -0.39 is 17.8 Å². The Labute approximate surface area is 122 Å². The summed E-state index contributed by atoms with van der Waals surface area (Å²) in [4.78, 5) is 12.3. The number of benzene rings is 1. The second-order valence-electron chi connectivity index (χ2n) is 4.47. The Kier molecular flexibility index (Phi) is 3.32. The molecule has 0 aliphatic carbocycles. The zero-order chi connectivity index (χ0) is 15.7. The normalized spacial score (nSPS) is 11.6. The van der Waals surface area contributed by atoms with Crippen molar-refractivity contribution >= 4 is 5.91 Å². The molecule has 0 spiro atoms. The minimum Gasteiger partial charge on any atom is -0.459 e. The number of furan rings is 1. The molecule has 0 radical (unpaired) electrons. The number of hydrogen-bond acceptors (Lipinski definition) is 3. The highest BCUT2D eigenvalue weighted by Gasteiger charge is 2.36. The maximum atomic E-state index is 12.9. The lowest BCUT2D eigenvalue weighted by molar-refractivity contribution is -0.141.